The van der Waals surface area contributed by atoms with Crippen molar-refractivity contribution >= 4 is 26.9 Å². The predicted molar refractivity (Wildman–Crippen MR) is 93.7 cm³/mol. The van der Waals surface area contributed by atoms with Gasteiger partial charge in [0, 0.05) is 32.4 Å². The van der Waals surface area contributed by atoms with E-state index in [-0.39, 0.29) is 24.3 Å². The summed E-state index contributed by atoms with van der Waals surface area (Å²) in [5.41, 5.74) is 0.796. The van der Waals surface area contributed by atoms with Gasteiger partial charge in [-0.3, -0.25) is 0 Å². The Kier molecular flexibility index (Phi) is 4.15. The van der Waals surface area contributed by atoms with Crippen molar-refractivity contribution in [2.24, 2.45) is 5.92 Å². The molecule has 3 heterocycles. The SMILES string of the molecule is CN(c1ncnc2[nH]ccc12)[C@H]1C[C@@H](CS(=O)(=O)N2CCC(F)C2)C1. The van der Waals surface area contributed by atoms with Crippen molar-refractivity contribution in [3.05, 3.63) is 18.6 Å². The molecule has 0 radical (unpaired) electrons. The standard InChI is InChI=1S/C16H22FN5O2S/c1-21(16-14-2-4-18-15(14)19-10-20-16)13-6-11(7-13)9-25(23,24)22-5-3-12(17)8-22/h2,4,10-13H,3,5-9H2,1H3,(H,18,19,20)/t11-,12?,13+. The fourth-order valence-electron chi connectivity index (χ4n) is 3.81. The number of rotatable bonds is 5. The first-order valence-corrected chi connectivity index (χ1v) is 10.2. The monoisotopic (exact) mass is 367 g/mol. The minimum atomic E-state index is -3.35. The number of H-pyrrole nitrogens is 1. The molecule has 1 atom stereocenters. The Bertz CT molecular complexity index is 864. The van der Waals surface area contributed by atoms with Gasteiger partial charge in [-0.25, -0.2) is 22.8 Å². The van der Waals surface area contributed by atoms with Crippen LogP contribution in [0.2, 0.25) is 0 Å². The highest BCUT2D eigenvalue weighted by Gasteiger charge is 2.39. The molecule has 0 bridgehead atoms. The Morgan fingerprint density at radius 1 is 1.40 bits per heavy atom. The van der Waals surface area contributed by atoms with E-state index in [1.165, 1.54) is 10.6 Å². The lowest BCUT2D eigenvalue weighted by atomic mass is 9.81. The van der Waals surface area contributed by atoms with Crippen LogP contribution in [0, 0.1) is 5.92 Å². The molecule has 1 saturated carbocycles. The Hall–Kier alpha value is -1.74. The van der Waals surface area contributed by atoms with Gasteiger partial charge in [0.05, 0.1) is 11.1 Å². The van der Waals surface area contributed by atoms with E-state index < -0.39 is 16.2 Å². The fourth-order valence-corrected chi connectivity index (χ4v) is 5.66. The lowest BCUT2D eigenvalue weighted by Gasteiger charge is -2.42. The van der Waals surface area contributed by atoms with Crippen LogP contribution in [0.25, 0.3) is 11.0 Å². The predicted octanol–water partition coefficient (Wildman–Crippen LogP) is 1.55. The summed E-state index contributed by atoms with van der Waals surface area (Å²) in [6, 6.07) is 2.21. The van der Waals surface area contributed by atoms with Gasteiger partial charge in [-0.15, -0.1) is 0 Å². The molecule has 1 N–H and O–H groups in total. The van der Waals surface area contributed by atoms with Crippen LogP contribution in [0.3, 0.4) is 0 Å². The topological polar surface area (TPSA) is 82.2 Å². The molecule has 1 aliphatic heterocycles. The van der Waals surface area contributed by atoms with Crippen LogP contribution in [-0.2, 0) is 10.0 Å². The van der Waals surface area contributed by atoms with Gasteiger partial charge >= 0.3 is 0 Å². The molecule has 0 amide bonds. The summed E-state index contributed by atoms with van der Waals surface area (Å²) in [6.07, 6.45) is 4.27. The average molecular weight is 367 g/mol. The lowest BCUT2D eigenvalue weighted by Crippen LogP contribution is -2.46. The first kappa shape index (κ1) is 16.7. The molecule has 2 fully saturated rings. The summed E-state index contributed by atoms with van der Waals surface area (Å²) < 4.78 is 39.4. The molecule has 136 valence electrons. The Balaban J connectivity index is 1.38. The highest BCUT2D eigenvalue weighted by Crippen LogP contribution is 2.36. The zero-order valence-electron chi connectivity index (χ0n) is 14.1. The maximum absolute atomic E-state index is 13.3. The fraction of sp³-hybridized carbons (Fsp3) is 0.625. The molecule has 0 aromatic carbocycles. The van der Waals surface area contributed by atoms with Crippen LogP contribution in [0.15, 0.2) is 18.6 Å². The Morgan fingerprint density at radius 3 is 2.92 bits per heavy atom. The largest absolute Gasteiger partial charge is 0.356 e. The molecule has 1 aliphatic carbocycles. The molecule has 0 spiro atoms. The number of hydrogen-bond acceptors (Lipinski definition) is 5. The second-order valence-electron chi connectivity index (χ2n) is 7.06. The number of aromatic nitrogens is 3. The van der Waals surface area contributed by atoms with Crippen molar-refractivity contribution in [2.75, 3.05) is 30.8 Å². The Labute approximate surface area is 146 Å². The maximum atomic E-state index is 13.3. The lowest BCUT2D eigenvalue weighted by molar-refractivity contribution is 0.277. The molecule has 2 aromatic rings. The third kappa shape index (κ3) is 3.10. The summed E-state index contributed by atoms with van der Waals surface area (Å²) in [4.78, 5) is 13.7. The highest BCUT2D eigenvalue weighted by molar-refractivity contribution is 7.89. The normalized spacial score (nSPS) is 27.5. The number of halogens is 1. The van der Waals surface area contributed by atoms with Gasteiger partial charge in [0.15, 0.2) is 0 Å². The molecule has 2 aliphatic rings. The van der Waals surface area contributed by atoms with Crippen molar-refractivity contribution in [3.8, 4) is 0 Å². The van der Waals surface area contributed by atoms with Gasteiger partial charge in [0.25, 0.3) is 0 Å². The summed E-state index contributed by atoms with van der Waals surface area (Å²) >= 11 is 0. The van der Waals surface area contributed by atoms with Crippen molar-refractivity contribution in [2.45, 2.75) is 31.5 Å². The number of nitrogens with one attached hydrogen (secondary N) is 1. The van der Waals surface area contributed by atoms with E-state index in [4.69, 9.17) is 0 Å². The zero-order chi connectivity index (χ0) is 17.6. The van der Waals surface area contributed by atoms with E-state index >= 15 is 0 Å². The number of fused-ring (bicyclic) bond motifs is 1. The van der Waals surface area contributed by atoms with E-state index in [1.807, 2.05) is 19.3 Å². The third-order valence-corrected chi connectivity index (χ3v) is 7.37. The van der Waals surface area contributed by atoms with Gasteiger partial charge in [-0.1, -0.05) is 0 Å². The molecule has 9 heteroatoms. The van der Waals surface area contributed by atoms with Gasteiger partial charge in [0.2, 0.25) is 10.0 Å². The van der Waals surface area contributed by atoms with Crippen LogP contribution in [-0.4, -0.2) is 65.8 Å². The van der Waals surface area contributed by atoms with Crippen LogP contribution < -0.4 is 4.90 Å². The first-order valence-electron chi connectivity index (χ1n) is 8.57. The van der Waals surface area contributed by atoms with E-state index in [0.29, 0.717) is 13.0 Å². The second-order valence-corrected chi connectivity index (χ2v) is 9.08. The minimum Gasteiger partial charge on any atom is -0.356 e. The number of alkyl halides is 1. The number of hydrogen-bond donors (Lipinski definition) is 1. The Morgan fingerprint density at radius 2 is 2.20 bits per heavy atom. The summed E-state index contributed by atoms with van der Waals surface area (Å²) in [7, 11) is -1.36. The molecule has 2 aromatic heterocycles. The number of nitrogens with zero attached hydrogens (tertiary/aromatic N) is 4. The minimum absolute atomic E-state index is 0.0186. The summed E-state index contributed by atoms with van der Waals surface area (Å²) in [5, 5.41) is 0.965. The smallest absolute Gasteiger partial charge is 0.214 e. The molecular weight excluding hydrogens is 345 g/mol. The first-order chi connectivity index (χ1) is 11.9. The van der Waals surface area contributed by atoms with Gasteiger partial charge in [-0.2, -0.15) is 4.31 Å². The molecule has 4 rings (SSSR count). The second kappa shape index (κ2) is 6.21. The number of aromatic amines is 1. The quantitative estimate of drug-likeness (QED) is 0.867. The molecule has 7 nitrogen and oxygen atoms in total. The molecule has 1 unspecified atom stereocenters. The summed E-state index contributed by atoms with van der Waals surface area (Å²) in [6.45, 7) is 0.330. The summed E-state index contributed by atoms with van der Waals surface area (Å²) in [5.74, 6) is 1.10. The number of anilines is 1. The molecule has 1 saturated heterocycles. The van der Waals surface area contributed by atoms with Crippen molar-refractivity contribution < 1.29 is 12.8 Å². The molecular formula is C16H22FN5O2S. The van der Waals surface area contributed by atoms with Crippen molar-refractivity contribution in [1.29, 1.82) is 0 Å². The highest BCUT2D eigenvalue weighted by atomic mass is 32.2. The van der Waals surface area contributed by atoms with Crippen molar-refractivity contribution in [3.63, 3.8) is 0 Å². The van der Waals surface area contributed by atoms with Gasteiger partial charge in [0.1, 0.15) is 24.0 Å². The van der Waals surface area contributed by atoms with E-state index in [2.05, 4.69) is 19.9 Å². The number of sulfonamides is 1. The van der Waals surface area contributed by atoms with E-state index in [1.54, 1.807) is 0 Å². The zero-order valence-corrected chi connectivity index (χ0v) is 14.9. The third-order valence-electron chi connectivity index (χ3n) is 5.36. The van der Waals surface area contributed by atoms with Crippen LogP contribution in [0.1, 0.15) is 19.3 Å². The van der Waals surface area contributed by atoms with Crippen LogP contribution in [0.4, 0.5) is 10.2 Å². The van der Waals surface area contributed by atoms with Crippen molar-refractivity contribution in [1.82, 2.24) is 19.3 Å². The maximum Gasteiger partial charge on any atom is 0.214 e. The van der Waals surface area contributed by atoms with Gasteiger partial charge < -0.3 is 9.88 Å². The van der Waals surface area contributed by atoms with Crippen LogP contribution in [0.5, 0.6) is 0 Å². The van der Waals surface area contributed by atoms with Gasteiger partial charge in [-0.05, 0) is 31.2 Å². The molecule has 25 heavy (non-hydrogen) atoms. The van der Waals surface area contributed by atoms with E-state index in [0.717, 1.165) is 29.7 Å². The van der Waals surface area contributed by atoms with E-state index in [9.17, 15) is 12.8 Å². The van der Waals surface area contributed by atoms with Crippen LogP contribution >= 0.6 is 0 Å². The average Bonchev–Trinajstić information content (AvgIpc) is 3.18.